The van der Waals surface area contributed by atoms with Crippen molar-refractivity contribution in [1.29, 1.82) is 5.26 Å². The lowest BCUT2D eigenvalue weighted by Gasteiger charge is -2.40. The predicted octanol–water partition coefficient (Wildman–Crippen LogP) is 4.32. The topological polar surface area (TPSA) is 95.4 Å². The average molecular weight is 444 g/mol. The number of rotatable bonds is 6. The summed E-state index contributed by atoms with van der Waals surface area (Å²) < 4.78 is 0. The minimum absolute atomic E-state index is 0.00684. The second-order valence-corrected chi connectivity index (χ2v) is 9.12. The van der Waals surface area contributed by atoms with Crippen LogP contribution < -0.4 is 5.73 Å². The molecule has 162 valence electrons. The van der Waals surface area contributed by atoms with E-state index in [4.69, 9.17) is 10.7 Å². The molecule has 2 N–H and O–H groups in total. The third-order valence-electron chi connectivity index (χ3n) is 6.10. The number of thiophene rings is 1. The number of aliphatic imine (C=N–C) groups is 1. The first-order chi connectivity index (χ1) is 15.4. The fraction of sp³-hybridized carbons (Fsp3) is 0.280. The van der Waals surface area contributed by atoms with Gasteiger partial charge in [-0.25, -0.2) is 4.99 Å². The largest absolute Gasteiger partial charge is 0.369 e. The fourth-order valence-corrected chi connectivity index (χ4v) is 5.27. The lowest BCUT2D eigenvalue weighted by molar-refractivity contribution is -0.134. The van der Waals surface area contributed by atoms with Crippen LogP contribution in [0.15, 0.2) is 65.2 Å². The number of carbonyl (C=O) groups is 1. The highest BCUT2D eigenvalue weighted by molar-refractivity contribution is 7.10. The van der Waals surface area contributed by atoms with Gasteiger partial charge in [-0.15, -0.1) is 11.3 Å². The third-order valence-corrected chi connectivity index (χ3v) is 7.26. The summed E-state index contributed by atoms with van der Waals surface area (Å²) in [6.45, 7) is 2.00. The first kappa shape index (κ1) is 21.7. The van der Waals surface area contributed by atoms with E-state index in [0.29, 0.717) is 12.0 Å². The van der Waals surface area contributed by atoms with Crippen molar-refractivity contribution in [2.24, 2.45) is 16.6 Å². The molecule has 4 rings (SSSR count). The quantitative estimate of drug-likeness (QED) is 0.614. The number of aryl methyl sites for hydroxylation is 1. The molecule has 1 aromatic carbocycles. The van der Waals surface area contributed by atoms with Gasteiger partial charge >= 0.3 is 0 Å². The van der Waals surface area contributed by atoms with Crippen molar-refractivity contribution < 1.29 is 4.79 Å². The SMILES string of the molecule is CN1C(=O)C(CCCc2cccnc2)[C@@](C)(c2cc(-c3cccc(C#N)c3)cs2)N=C1N. The Hall–Kier alpha value is -3.50. The lowest BCUT2D eigenvalue weighted by atomic mass is 9.78. The van der Waals surface area contributed by atoms with Crippen LogP contribution in [0.4, 0.5) is 0 Å². The highest BCUT2D eigenvalue weighted by Crippen LogP contribution is 2.44. The molecule has 3 aromatic rings. The Morgan fingerprint density at radius 2 is 2.09 bits per heavy atom. The molecule has 0 bridgehead atoms. The molecule has 0 spiro atoms. The monoisotopic (exact) mass is 443 g/mol. The van der Waals surface area contributed by atoms with Crippen molar-refractivity contribution in [3.63, 3.8) is 0 Å². The number of nitrogens with zero attached hydrogens (tertiary/aromatic N) is 4. The van der Waals surface area contributed by atoms with E-state index in [2.05, 4.69) is 28.6 Å². The van der Waals surface area contributed by atoms with Gasteiger partial charge in [0, 0.05) is 24.3 Å². The molecule has 0 saturated carbocycles. The maximum absolute atomic E-state index is 13.2. The molecular weight excluding hydrogens is 418 g/mol. The molecule has 1 aliphatic rings. The Kier molecular flexibility index (Phi) is 6.06. The summed E-state index contributed by atoms with van der Waals surface area (Å²) in [5.74, 6) is -0.0801. The van der Waals surface area contributed by atoms with Crippen molar-refractivity contribution in [2.75, 3.05) is 7.05 Å². The summed E-state index contributed by atoms with van der Waals surface area (Å²) >= 11 is 1.58. The molecule has 32 heavy (non-hydrogen) atoms. The van der Waals surface area contributed by atoms with Crippen LogP contribution in [0.2, 0.25) is 0 Å². The summed E-state index contributed by atoms with van der Waals surface area (Å²) in [5, 5.41) is 11.3. The minimum Gasteiger partial charge on any atom is -0.369 e. The molecule has 0 radical (unpaired) electrons. The molecular formula is C25H25N5OS. The van der Waals surface area contributed by atoms with Gasteiger partial charge in [0.2, 0.25) is 5.91 Å². The van der Waals surface area contributed by atoms with E-state index in [-0.39, 0.29) is 17.8 Å². The van der Waals surface area contributed by atoms with Crippen LogP contribution in [-0.4, -0.2) is 28.8 Å². The van der Waals surface area contributed by atoms with Gasteiger partial charge in [0.25, 0.3) is 0 Å². The Morgan fingerprint density at radius 1 is 1.25 bits per heavy atom. The molecule has 6 nitrogen and oxygen atoms in total. The number of amides is 1. The lowest BCUT2D eigenvalue weighted by Crippen LogP contribution is -2.53. The van der Waals surface area contributed by atoms with Crippen molar-refractivity contribution >= 4 is 23.2 Å². The number of benzene rings is 1. The maximum atomic E-state index is 13.2. The first-order valence-electron chi connectivity index (χ1n) is 10.5. The molecule has 2 atom stereocenters. The van der Waals surface area contributed by atoms with Crippen LogP contribution in [0, 0.1) is 17.2 Å². The summed E-state index contributed by atoms with van der Waals surface area (Å²) in [6, 6.07) is 15.8. The number of aromatic nitrogens is 1. The van der Waals surface area contributed by atoms with Gasteiger partial charge in [0.1, 0.15) is 5.54 Å². The second-order valence-electron chi connectivity index (χ2n) is 8.21. The number of carbonyl (C=O) groups excluding carboxylic acids is 1. The standard InChI is InChI=1S/C25H25N5OS/c1-25(22-13-20(16-32-22)19-9-3-7-18(12-19)14-26)21(23(31)30(2)24(27)29-25)10-4-6-17-8-5-11-28-15-17/h3,5,7-9,11-13,15-16,21H,4,6,10H2,1-2H3,(H2,27,29)/t21?,25-/m0/s1. The van der Waals surface area contributed by atoms with Crippen LogP contribution in [0.5, 0.6) is 0 Å². The number of hydrogen-bond donors (Lipinski definition) is 1. The van der Waals surface area contributed by atoms with Crippen LogP contribution in [0.3, 0.4) is 0 Å². The number of nitrogens with two attached hydrogens (primary N) is 1. The molecule has 0 fully saturated rings. The number of nitriles is 1. The van der Waals surface area contributed by atoms with Crippen molar-refractivity contribution in [2.45, 2.75) is 31.7 Å². The predicted molar refractivity (Wildman–Crippen MR) is 127 cm³/mol. The highest BCUT2D eigenvalue weighted by Gasteiger charge is 2.46. The minimum atomic E-state index is -0.738. The van der Waals surface area contributed by atoms with Crippen molar-refractivity contribution in [3.05, 3.63) is 76.2 Å². The van der Waals surface area contributed by atoms with Gasteiger partial charge in [-0.05, 0) is 72.5 Å². The number of hydrogen-bond acceptors (Lipinski definition) is 6. The van der Waals surface area contributed by atoms with Crippen LogP contribution in [0.25, 0.3) is 11.1 Å². The summed E-state index contributed by atoms with van der Waals surface area (Å²) in [4.78, 5) is 24.7. The van der Waals surface area contributed by atoms with Gasteiger partial charge in [-0.2, -0.15) is 5.26 Å². The molecule has 7 heteroatoms. The molecule has 2 aromatic heterocycles. The van der Waals surface area contributed by atoms with E-state index >= 15 is 0 Å². The van der Waals surface area contributed by atoms with E-state index in [0.717, 1.165) is 34.4 Å². The Balaban J connectivity index is 1.63. The zero-order chi connectivity index (χ0) is 22.7. The molecule has 0 aliphatic carbocycles. The van der Waals surface area contributed by atoms with Crippen LogP contribution in [0.1, 0.15) is 35.8 Å². The maximum Gasteiger partial charge on any atom is 0.234 e. The first-order valence-corrected chi connectivity index (χ1v) is 11.4. The van der Waals surface area contributed by atoms with Crippen molar-refractivity contribution in [1.82, 2.24) is 9.88 Å². The third kappa shape index (κ3) is 4.14. The normalized spacial score (nSPS) is 20.7. The molecule has 0 saturated heterocycles. The summed E-state index contributed by atoms with van der Waals surface area (Å²) in [5.41, 5.74) is 9.15. The molecule has 1 amide bonds. The zero-order valence-corrected chi connectivity index (χ0v) is 19.0. The van der Waals surface area contributed by atoms with E-state index in [9.17, 15) is 10.1 Å². The summed E-state index contributed by atoms with van der Waals surface area (Å²) in [7, 11) is 1.68. The summed E-state index contributed by atoms with van der Waals surface area (Å²) in [6.07, 6.45) is 6.03. The molecule has 1 unspecified atom stereocenters. The van der Waals surface area contributed by atoms with E-state index in [1.165, 1.54) is 4.90 Å². The van der Waals surface area contributed by atoms with Gasteiger partial charge in [0.05, 0.1) is 17.6 Å². The van der Waals surface area contributed by atoms with Crippen LogP contribution in [-0.2, 0) is 16.8 Å². The van der Waals surface area contributed by atoms with Crippen LogP contribution >= 0.6 is 11.3 Å². The molecule has 3 heterocycles. The zero-order valence-electron chi connectivity index (χ0n) is 18.2. The highest BCUT2D eigenvalue weighted by atomic mass is 32.1. The number of guanidine groups is 1. The Labute approximate surface area is 192 Å². The second kappa shape index (κ2) is 8.93. The fourth-order valence-electron chi connectivity index (χ4n) is 4.19. The number of pyridine rings is 1. The Bertz CT molecular complexity index is 1200. The smallest absolute Gasteiger partial charge is 0.234 e. The van der Waals surface area contributed by atoms with E-state index in [1.54, 1.807) is 30.6 Å². The van der Waals surface area contributed by atoms with Gasteiger partial charge < -0.3 is 5.73 Å². The van der Waals surface area contributed by atoms with E-state index < -0.39 is 5.54 Å². The average Bonchev–Trinajstić information content (AvgIpc) is 3.32. The van der Waals surface area contributed by atoms with Gasteiger partial charge in [-0.3, -0.25) is 14.7 Å². The van der Waals surface area contributed by atoms with Crippen molar-refractivity contribution in [3.8, 4) is 17.2 Å². The van der Waals surface area contributed by atoms with Gasteiger partial charge in [-0.1, -0.05) is 18.2 Å². The Morgan fingerprint density at radius 3 is 2.84 bits per heavy atom. The molecule has 1 aliphatic heterocycles. The van der Waals surface area contributed by atoms with E-state index in [1.807, 2.05) is 37.4 Å². The van der Waals surface area contributed by atoms with Gasteiger partial charge in [0.15, 0.2) is 5.96 Å².